The van der Waals surface area contributed by atoms with Crippen molar-refractivity contribution < 1.29 is 14.3 Å². The molecule has 0 unspecified atom stereocenters. The number of anilines is 1. The van der Waals surface area contributed by atoms with Gasteiger partial charge in [-0.1, -0.05) is 42.5 Å². The lowest BCUT2D eigenvalue weighted by atomic mass is 9.81. The minimum absolute atomic E-state index is 0. The average Bonchev–Trinajstić information content (AvgIpc) is 3.57. The van der Waals surface area contributed by atoms with Crippen LogP contribution in [-0.2, 0) is 27.4 Å². The summed E-state index contributed by atoms with van der Waals surface area (Å²) in [5.41, 5.74) is 17.6. The molecule has 1 fully saturated rings. The number of carbonyl (C=O) groups is 2. The molecule has 2 aromatic heterocycles. The Labute approximate surface area is 280 Å². The number of nitrogens with one attached hydrogen (secondary N) is 1. The molecule has 2 amide bonds. The zero-order valence-electron chi connectivity index (χ0n) is 26.3. The van der Waals surface area contributed by atoms with E-state index in [1.54, 1.807) is 25.4 Å². The van der Waals surface area contributed by atoms with Crippen molar-refractivity contribution in [1.82, 2.24) is 20.2 Å². The number of amides is 2. The molecule has 1 aliphatic carbocycles. The van der Waals surface area contributed by atoms with Gasteiger partial charge in [0.05, 0.1) is 17.2 Å². The highest BCUT2D eigenvalue weighted by atomic mass is 35.5. The Morgan fingerprint density at radius 1 is 0.979 bits per heavy atom. The van der Waals surface area contributed by atoms with Gasteiger partial charge in [-0.05, 0) is 97.7 Å². The summed E-state index contributed by atoms with van der Waals surface area (Å²) in [7, 11) is 1.59. The van der Waals surface area contributed by atoms with E-state index in [0.29, 0.717) is 49.2 Å². The van der Waals surface area contributed by atoms with Crippen LogP contribution >= 0.6 is 12.4 Å². The molecule has 244 valence electrons. The summed E-state index contributed by atoms with van der Waals surface area (Å²) in [5.74, 6) is 0.588. The van der Waals surface area contributed by atoms with Crippen molar-refractivity contribution >= 4 is 40.8 Å². The van der Waals surface area contributed by atoms with Gasteiger partial charge in [0.2, 0.25) is 5.91 Å². The van der Waals surface area contributed by atoms with Crippen molar-refractivity contribution in [3.8, 4) is 22.5 Å². The molecular formula is C36H40ClN7O3. The van der Waals surface area contributed by atoms with Gasteiger partial charge in [0.1, 0.15) is 6.61 Å². The van der Waals surface area contributed by atoms with Crippen LogP contribution in [0.5, 0.6) is 0 Å². The third-order valence-corrected chi connectivity index (χ3v) is 8.82. The maximum Gasteiger partial charge on any atom is 0.251 e. The van der Waals surface area contributed by atoms with Crippen LogP contribution in [0.15, 0.2) is 85.1 Å². The van der Waals surface area contributed by atoms with Crippen molar-refractivity contribution in [2.24, 2.45) is 23.3 Å². The number of rotatable bonds is 10. The Balaban J connectivity index is 0.00000433. The number of methoxy groups -OCH3 is 1. The van der Waals surface area contributed by atoms with E-state index < -0.39 is 11.9 Å². The molecule has 10 nitrogen and oxygen atoms in total. The van der Waals surface area contributed by atoms with Gasteiger partial charge in [-0.2, -0.15) is 5.10 Å². The smallest absolute Gasteiger partial charge is 0.251 e. The fraction of sp³-hybridized carbons (Fsp3) is 0.306. The molecule has 5 aromatic rings. The predicted octanol–water partition coefficient (Wildman–Crippen LogP) is 5.45. The Kier molecular flexibility index (Phi) is 11.1. The zero-order valence-corrected chi connectivity index (χ0v) is 27.2. The van der Waals surface area contributed by atoms with Gasteiger partial charge in [-0.25, -0.2) is 9.88 Å². The number of fused-ring (bicyclic) bond motifs is 1. The van der Waals surface area contributed by atoms with Crippen molar-refractivity contribution in [2.75, 3.05) is 18.6 Å². The average molecular weight is 654 g/mol. The molecule has 1 aliphatic rings. The number of H-pyrrole nitrogens is 1. The molecule has 1 atom stereocenters. The molecular weight excluding hydrogens is 614 g/mol. The zero-order chi connectivity index (χ0) is 32.0. The number of ether oxygens (including phenoxy) is 1. The molecule has 11 heteroatoms. The number of hydrogen-bond donors (Lipinski definition) is 3. The summed E-state index contributed by atoms with van der Waals surface area (Å²) < 4.78 is 5.13. The quantitative estimate of drug-likeness (QED) is 0.180. The number of nitrogens with two attached hydrogens (primary N) is 2. The summed E-state index contributed by atoms with van der Waals surface area (Å²) in [6.45, 7) is 0.922. The number of halogens is 1. The fourth-order valence-electron chi connectivity index (χ4n) is 6.30. The lowest BCUT2D eigenvalue weighted by Crippen LogP contribution is -2.50. The molecule has 0 radical (unpaired) electrons. The highest BCUT2D eigenvalue weighted by molar-refractivity contribution is 6.17. The molecule has 2 heterocycles. The SMILES string of the molecule is COCc1nc(-c2ccc(N(C(=O)C3CCC(CN)CC3)C(=O)[C@@H](N)Cc3cccc(-c4cccc5ncccc45)c3)cc2)n[nH]1.Cl. The monoisotopic (exact) mass is 653 g/mol. The van der Waals surface area contributed by atoms with E-state index in [1.165, 1.54) is 4.90 Å². The van der Waals surface area contributed by atoms with E-state index in [0.717, 1.165) is 46.0 Å². The number of hydrogen-bond acceptors (Lipinski definition) is 8. The number of nitrogens with zero attached hydrogens (tertiary/aromatic N) is 4. The van der Waals surface area contributed by atoms with E-state index >= 15 is 0 Å². The largest absolute Gasteiger partial charge is 0.377 e. The standard InChI is InChI=1S/C36H39N7O3.ClH/c1-46-22-33-40-34(42-41-33)25-14-16-28(17-15-25)43(35(44)26-12-10-23(21-37)11-13-26)36(45)31(38)20-24-5-2-6-27(19-24)29-7-3-9-32-30(29)8-4-18-39-32;/h2-9,14-19,23,26,31H,10-13,20-22,37-38H2,1H3,(H,40,41,42);1H/t23?,26?,31-;/m0./s1. The first-order chi connectivity index (χ1) is 22.4. The first kappa shape index (κ1) is 33.9. The van der Waals surface area contributed by atoms with E-state index in [4.69, 9.17) is 16.2 Å². The van der Waals surface area contributed by atoms with Crippen molar-refractivity contribution in [1.29, 1.82) is 0 Å². The molecule has 0 saturated heterocycles. The van der Waals surface area contributed by atoms with Crippen LogP contribution in [0.1, 0.15) is 37.1 Å². The third-order valence-electron chi connectivity index (χ3n) is 8.82. The lowest BCUT2D eigenvalue weighted by Gasteiger charge is -2.32. The molecule has 1 saturated carbocycles. The van der Waals surface area contributed by atoms with Crippen LogP contribution in [0, 0.1) is 11.8 Å². The Bertz CT molecular complexity index is 1810. The normalized spacial score (nSPS) is 16.7. The number of benzene rings is 3. The van der Waals surface area contributed by atoms with Crippen molar-refractivity contribution in [3.63, 3.8) is 0 Å². The van der Waals surface area contributed by atoms with E-state index in [2.05, 4.69) is 38.4 Å². The molecule has 0 aliphatic heterocycles. The van der Waals surface area contributed by atoms with Gasteiger partial charge < -0.3 is 16.2 Å². The highest BCUT2D eigenvalue weighted by Gasteiger charge is 2.35. The molecule has 0 bridgehead atoms. The number of aromatic nitrogens is 4. The van der Waals surface area contributed by atoms with Crippen LogP contribution in [-0.4, -0.2) is 51.7 Å². The summed E-state index contributed by atoms with van der Waals surface area (Å²) in [6, 6.07) is 24.2. The van der Waals surface area contributed by atoms with Crippen LogP contribution in [0.2, 0.25) is 0 Å². The second-order valence-electron chi connectivity index (χ2n) is 11.9. The molecule has 47 heavy (non-hydrogen) atoms. The molecule has 5 N–H and O–H groups in total. The van der Waals surface area contributed by atoms with Crippen LogP contribution in [0.3, 0.4) is 0 Å². The Morgan fingerprint density at radius 2 is 1.74 bits per heavy atom. The second kappa shape index (κ2) is 15.4. The summed E-state index contributed by atoms with van der Waals surface area (Å²) >= 11 is 0. The maximum atomic E-state index is 14.1. The topological polar surface area (TPSA) is 153 Å². The van der Waals surface area contributed by atoms with Gasteiger partial charge >= 0.3 is 0 Å². The summed E-state index contributed by atoms with van der Waals surface area (Å²) in [4.78, 5) is 38.4. The van der Waals surface area contributed by atoms with Crippen molar-refractivity contribution in [2.45, 2.75) is 44.8 Å². The Hall–Kier alpha value is -4.48. The van der Waals surface area contributed by atoms with Gasteiger partial charge in [0.25, 0.3) is 5.91 Å². The number of carbonyl (C=O) groups excluding carboxylic acids is 2. The van der Waals surface area contributed by atoms with E-state index in [-0.39, 0.29) is 30.7 Å². The van der Waals surface area contributed by atoms with Crippen LogP contribution in [0.4, 0.5) is 5.69 Å². The number of imide groups is 1. The molecule has 6 rings (SSSR count). The van der Waals surface area contributed by atoms with Crippen LogP contribution in [0.25, 0.3) is 33.4 Å². The minimum Gasteiger partial charge on any atom is -0.377 e. The molecule has 3 aromatic carbocycles. The summed E-state index contributed by atoms with van der Waals surface area (Å²) in [5, 5.41) is 8.17. The molecule has 0 spiro atoms. The number of pyridine rings is 1. The third kappa shape index (κ3) is 7.58. The first-order valence-corrected chi connectivity index (χ1v) is 15.7. The second-order valence-corrected chi connectivity index (χ2v) is 11.9. The predicted molar refractivity (Wildman–Crippen MR) is 186 cm³/mol. The van der Waals surface area contributed by atoms with E-state index in [9.17, 15) is 9.59 Å². The Morgan fingerprint density at radius 3 is 2.49 bits per heavy atom. The van der Waals surface area contributed by atoms with E-state index in [1.807, 2.05) is 48.5 Å². The van der Waals surface area contributed by atoms with Crippen molar-refractivity contribution in [3.05, 3.63) is 96.4 Å². The summed E-state index contributed by atoms with van der Waals surface area (Å²) in [6.07, 6.45) is 5.18. The number of aromatic amines is 1. The van der Waals surface area contributed by atoms with Gasteiger partial charge in [0, 0.05) is 30.2 Å². The maximum absolute atomic E-state index is 14.1. The first-order valence-electron chi connectivity index (χ1n) is 15.7. The minimum atomic E-state index is -0.932. The van der Waals surface area contributed by atoms with Gasteiger partial charge in [-0.15, -0.1) is 12.4 Å². The lowest BCUT2D eigenvalue weighted by molar-refractivity contribution is -0.130. The van der Waals surface area contributed by atoms with Crippen LogP contribution < -0.4 is 16.4 Å². The van der Waals surface area contributed by atoms with Gasteiger partial charge in [0.15, 0.2) is 11.6 Å². The fourth-order valence-corrected chi connectivity index (χ4v) is 6.30. The highest BCUT2D eigenvalue weighted by Crippen LogP contribution is 2.32. The van der Waals surface area contributed by atoms with Gasteiger partial charge in [-0.3, -0.25) is 19.7 Å².